The van der Waals surface area contributed by atoms with Crippen LogP contribution in [0.5, 0.6) is 0 Å². The van der Waals surface area contributed by atoms with Gasteiger partial charge in [-0.25, -0.2) is 0 Å². The van der Waals surface area contributed by atoms with Crippen molar-refractivity contribution in [3.05, 3.63) is 77.4 Å². The summed E-state index contributed by atoms with van der Waals surface area (Å²) in [4.78, 5) is 0. The van der Waals surface area contributed by atoms with E-state index in [2.05, 4.69) is 73.7 Å². The van der Waals surface area contributed by atoms with E-state index in [-0.39, 0.29) is 0 Å². The Morgan fingerprint density at radius 3 is 2.39 bits per heavy atom. The molecule has 0 nitrogen and oxygen atoms in total. The summed E-state index contributed by atoms with van der Waals surface area (Å²) >= 11 is 0. The third-order valence-corrected chi connectivity index (χ3v) is 3.07. The lowest BCUT2D eigenvalue weighted by Crippen LogP contribution is -1.87. The summed E-state index contributed by atoms with van der Waals surface area (Å²) in [5.41, 5.74) is 4.17. The molecule has 0 saturated carbocycles. The van der Waals surface area contributed by atoms with Gasteiger partial charge in [0.15, 0.2) is 0 Å². The van der Waals surface area contributed by atoms with Gasteiger partial charge in [-0.05, 0) is 29.5 Å². The first kappa shape index (κ1) is 12.6. The number of rotatable bonds is 5. The van der Waals surface area contributed by atoms with Gasteiger partial charge in [0.2, 0.25) is 0 Å². The fraction of sp³-hybridized carbons (Fsp3) is 0.222. The molecule has 0 aliphatic rings. The second kappa shape index (κ2) is 6.80. The standard InChI is InChI=1S/C18H20/c1-2-9-17-13-6-7-14-18(17)15-8-12-16-10-4-3-5-11-16/h3-8,10-11,13-15H,2,9,12H2,1H3/b15-8-. The van der Waals surface area contributed by atoms with Crippen molar-refractivity contribution in [2.45, 2.75) is 26.2 Å². The van der Waals surface area contributed by atoms with E-state index < -0.39 is 0 Å². The van der Waals surface area contributed by atoms with Crippen LogP contribution in [0.15, 0.2) is 60.7 Å². The van der Waals surface area contributed by atoms with Gasteiger partial charge in [-0.15, -0.1) is 0 Å². The van der Waals surface area contributed by atoms with Crippen LogP contribution >= 0.6 is 0 Å². The lowest BCUT2D eigenvalue weighted by Gasteiger charge is -2.03. The molecule has 18 heavy (non-hydrogen) atoms. The van der Waals surface area contributed by atoms with Gasteiger partial charge < -0.3 is 0 Å². The van der Waals surface area contributed by atoms with E-state index in [1.807, 2.05) is 0 Å². The maximum atomic E-state index is 2.25. The Balaban J connectivity index is 2.05. The van der Waals surface area contributed by atoms with E-state index in [1.54, 1.807) is 0 Å². The number of aryl methyl sites for hydroxylation is 1. The monoisotopic (exact) mass is 236 g/mol. The minimum atomic E-state index is 1.00. The van der Waals surface area contributed by atoms with Crippen molar-refractivity contribution >= 4 is 6.08 Å². The summed E-state index contributed by atoms with van der Waals surface area (Å²) in [5, 5.41) is 0. The van der Waals surface area contributed by atoms with Crippen molar-refractivity contribution in [3.8, 4) is 0 Å². The third-order valence-electron chi connectivity index (χ3n) is 3.07. The summed E-state index contributed by atoms with van der Waals surface area (Å²) in [5.74, 6) is 0. The highest BCUT2D eigenvalue weighted by molar-refractivity contribution is 5.54. The van der Waals surface area contributed by atoms with E-state index >= 15 is 0 Å². The predicted octanol–water partition coefficient (Wildman–Crippen LogP) is 4.90. The van der Waals surface area contributed by atoms with Crippen LogP contribution in [0.1, 0.15) is 30.0 Å². The van der Waals surface area contributed by atoms with Crippen molar-refractivity contribution in [1.29, 1.82) is 0 Å². The minimum Gasteiger partial charge on any atom is -0.0795 e. The van der Waals surface area contributed by atoms with Gasteiger partial charge in [0.05, 0.1) is 0 Å². The molecule has 0 aliphatic heterocycles. The highest BCUT2D eigenvalue weighted by atomic mass is 14.0. The Morgan fingerprint density at radius 1 is 0.889 bits per heavy atom. The van der Waals surface area contributed by atoms with Crippen molar-refractivity contribution in [3.63, 3.8) is 0 Å². The number of allylic oxidation sites excluding steroid dienone is 1. The van der Waals surface area contributed by atoms with Crippen LogP contribution in [0.2, 0.25) is 0 Å². The van der Waals surface area contributed by atoms with E-state index in [0.717, 1.165) is 12.8 Å². The van der Waals surface area contributed by atoms with Crippen LogP contribution in [0, 0.1) is 0 Å². The summed E-state index contributed by atoms with van der Waals surface area (Å²) in [7, 11) is 0. The first-order valence-electron chi connectivity index (χ1n) is 6.68. The van der Waals surface area contributed by atoms with Crippen molar-refractivity contribution < 1.29 is 0 Å². The van der Waals surface area contributed by atoms with Gasteiger partial charge in [0, 0.05) is 0 Å². The fourth-order valence-corrected chi connectivity index (χ4v) is 2.13. The van der Waals surface area contributed by atoms with Gasteiger partial charge in [-0.2, -0.15) is 0 Å². The zero-order valence-electron chi connectivity index (χ0n) is 11.0. The van der Waals surface area contributed by atoms with Crippen LogP contribution in [-0.4, -0.2) is 0 Å². The molecule has 0 fully saturated rings. The van der Waals surface area contributed by atoms with Gasteiger partial charge in [-0.3, -0.25) is 0 Å². The molecule has 0 heteroatoms. The zero-order chi connectivity index (χ0) is 12.6. The largest absolute Gasteiger partial charge is 0.0795 e. The summed E-state index contributed by atoms with van der Waals surface area (Å²) in [6, 6.07) is 19.2. The highest BCUT2D eigenvalue weighted by Crippen LogP contribution is 2.13. The molecule has 0 radical (unpaired) electrons. The second-order valence-corrected chi connectivity index (χ2v) is 4.54. The SMILES string of the molecule is CCCc1ccccc1/C=C\Cc1ccccc1. The van der Waals surface area contributed by atoms with Gasteiger partial charge >= 0.3 is 0 Å². The molecule has 92 valence electrons. The Bertz CT molecular complexity index is 494. The molecule has 0 heterocycles. The summed E-state index contributed by atoms with van der Waals surface area (Å²) in [6.07, 6.45) is 7.86. The molecule has 2 rings (SSSR count). The van der Waals surface area contributed by atoms with E-state index in [9.17, 15) is 0 Å². The lowest BCUT2D eigenvalue weighted by molar-refractivity contribution is 0.919. The third kappa shape index (κ3) is 3.59. The molecular formula is C18H20. The summed E-state index contributed by atoms with van der Waals surface area (Å²) < 4.78 is 0. The lowest BCUT2D eigenvalue weighted by atomic mass is 10.0. The smallest absolute Gasteiger partial charge is 0.00941 e. The predicted molar refractivity (Wildman–Crippen MR) is 79.6 cm³/mol. The number of benzene rings is 2. The molecule has 0 atom stereocenters. The molecule has 2 aromatic rings. The first-order chi connectivity index (χ1) is 8.90. The van der Waals surface area contributed by atoms with Crippen LogP contribution in [0.4, 0.5) is 0 Å². The Morgan fingerprint density at radius 2 is 1.61 bits per heavy atom. The molecule has 0 unspecified atom stereocenters. The summed E-state index contributed by atoms with van der Waals surface area (Å²) in [6.45, 7) is 2.23. The molecule has 2 aromatic carbocycles. The fourth-order valence-electron chi connectivity index (χ4n) is 2.13. The van der Waals surface area contributed by atoms with E-state index in [4.69, 9.17) is 0 Å². The Labute approximate surface area is 110 Å². The van der Waals surface area contributed by atoms with Crippen molar-refractivity contribution in [2.24, 2.45) is 0 Å². The van der Waals surface area contributed by atoms with E-state index in [1.165, 1.54) is 23.1 Å². The zero-order valence-corrected chi connectivity index (χ0v) is 11.0. The molecule has 0 N–H and O–H groups in total. The second-order valence-electron chi connectivity index (χ2n) is 4.54. The molecule has 0 bridgehead atoms. The topological polar surface area (TPSA) is 0 Å². The normalized spacial score (nSPS) is 10.9. The maximum Gasteiger partial charge on any atom is -0.00941 e. The Hall–Kier alpha value is -1.82. The van der Waals surface area contributed by atoms with Crippen molar-refractivity contribution in [1.82, 2.24) is 0 Å². The first-order valence-corrected chi connectivity index (χ1v) is 6.68. The van der Waals surface area contributed by atoms with E-state index in [0.29, 0.717) is 0 Å². The van der Waals surface area contributed by atoms with Crippen LogP contribution in [0.25, 0.3) is 6.08 Å². The quantitative estimate of drug-likeness (QED) is 0.693. The molecule has 0 aliphatic carbocycles. The van der Waals surface area contributed by atoms with Gasteiger partial charge in [0.1, 0.15) is 0 Å². The minimum absolute atomic E-state index is 1.00. The van der Waals surface area contributed by atoms with Crippen LogP contribution < -0.4 is 0 Å². The molecule has 0 aromatic heterocycles. The molecule has 0 saturated heterocycles. The maximum absolute atomic E-state index is 2.25. The highest BCUT2D eigenvalue weighted by Gasteiger charge is 1.96. The van der Waals surface area contributed by atoms with Crippen molar-refractivity contribution in [2.75, 3.05) is 0 Å². The number of hydrogen-bond acceptors (Lipinski definition) is 0. The molecule has 0 amide bonds. The van der Waals surface area contributed by atoms with Gasteiger partial charge in [0.25, 0.3) is 0 Å². The van der Waals surface area contributed by atoms with Crippen LogP contribution in [0.3, 0.4) is 0 Å². The van der Waals surface area contributed by atoms with Gasteiger partial charge in [-0.1, -0.05) is 80.1 Å². The molecule has 0 spiro atoms. The average Bonchev–Trinajstić information content (AvgIpc) is 2.42. The average molecular weight is 236 g/mol. The number of hydrogen-bond donors (Lipinski definition) is 0. The molecular weight excluding hydrogens is 216 g/mol. The Kier molecular flexibility index (Phi) is 4.78. The van der Waals surface area contributed by atoms with Crippen LogP contribution in [-0.2, 0) is 12.8 Å².